The third-order valence-electron chi connectivity index (χ3n) is 2.30. The number of nitrogens with zero attached hydrogens (tertiary/aromatic N) is 1. The highest BCUT2D eigenvalue weighted by Crippen LogP contribution is 2.07. The Balaban J connectivity index is 2.85. The first-order chi connectivity index (χ1) is 7.60. The summed E-state index contributed by atoms with van der Waals surface area (Å²) in [5.74, 6) is 0. The van der Waals surface area contributed by atoms with E-state index in [2.05, 4.69) is 0 Å². The van der Waals surface area contributed by atoms with E-state index in [1.807, 2.05) is 44.2 Å². The highest BCUT2D eigenvalue weighted by atomic mass is 32.2. The Morgan fingerprint density at radius 1 is 1.12 bits per heavy atom. The summed E-state index contributed by atoms with van der Waals surface area (Å²) >= 11 is 0. The van der Waals surface area contributed by atoms with Crippen molar-refractivity contribution in [1.29, 1.82) is 0 Å². The van der Waals surface area contributed by atoms with Crippen molar-refractivity contribution < 1.29 is 8.42 Å². The van der Waals surface area contributed by atoms with Gasteiger partial charge in [-0.25, -0.2) is 8.42 Å². The van der Waals surface area contributed by atoms with Crippen LogP contribution in [0, 0.1) is 0 Å². The topological polar surface area (TPSA) is 37.4 Å². The maximum absolute atomic E-state index is 11.8. The van der Waals surface area contributed by atoms with Crippen molar-refractivity contribution >= 4 is 16.1 Å². The molecule has 0 spiro atoms. The fourth-order valence-corrected chi connectivity index (χ4v) is 2.62. The molecule has 0 fully saturated rings. The van der Waals surface area contributed by atoms with Crippen molar-refractivity contribution in [3.63, 3.8) is 0 Å². The van der Waals surface area contributed by atoms with Gasteiger partial charge in [0.1, 0.15) is 0 Å². The fourth-order valence-electron chi connectivity index (χ4n) is 1.40. The van der Waals surface area contributed by atoms with Crippen LogP contribution in [0.3, 0.4) is 0 Å². The minimum atomic E-state index is -3.27. The third kappa shape index (κ3) is 3.47. The summed E-state index contributed by atoms with van der Waals surface area (Å²) in [6, 6.07) is 9.39. The minimum Gasteiger partial charge on any atom is -0.208 e. The molecule has 0 aliphatic rings. The molecule has 0 bridgehead atoms. The largest absolute Gasteiger partial charge is 0.236 e. The van der Waals surface area contributed by atoms with E-state index in [0.717, 1.165) is 5.56 Å². The molecular formula is C12H17NO2S. The Kier molecular flexibility index (Phi) is 4.71. The molecule has 0 heterocycles. The highest BCUT2D eigenvalue weighted by Gasteiger charge is 2.14. The summed E-state index contributed by atoms with van der Waals surface area (Å²) in [7, 11) is -3.27. The number of benzene rings is 1. The van der Waals surface area contributed by atoms with Crippen LogP contribution in [-0.2, 0) is 10.0 Å². The van der Waals surface area contributed by atoms with Gasteiger partial charge in [0, 0.05) is 18.5 Å². The standard InChI is InChI=1S/C12H17NO2S/c1-3-13(4-2)16(14,15)11-10-12-8-6-5-7-9-12/h5-11H,3-4H2,1-2H3/b11-10+. The normalized spacial score (nSPS) is 12.4. The summed E-state index contributed by atoms with van der Waals surface area (Å²) in [5, 5.41) is 1.26. The van der Waals surface area contributed by atoms with Crippen LogP contribution in [-0.4, -0.2) is 25.8 Å². The first-order valence-electron chi connectivity index (χ1n) is 5.33. The van der Waals surface area contributed by atoms with Crippen molar-refractivity contribution in [1.82, 2.24) is 4.31 Å². The van der Waals surface area contributed by atoms with Crippen molar-refractivity contribution in [2.24, 2.45) is 0 Å². The molecule has 88 valence electrons. The molecule has 0 aliphatic heterocycles. The Bertz CT molecular complexity index is 433. The maximum atomic E-state index is 11.8. The van der Waals surface area contributed by atoms with Crippen LogP contribution in [0.5, 0.6) is 0 Å². The van der Waals surface area contributed by atoms with E-state index < -0.39 is 10.0 Å². The molecule has 0 radical (unpaired) electrons. The lowest BCUT2D eigenvalue weighted by Gasteiger charge is -2.15. The quantitative estimate of drug-likeness (QED) is 0.791. The zero-order valence-electron chi connectivity index (χ0n) is 9.63. The molecule has 0 amide bonds. The summed E-state index contributed by atoms with van der Waals surface area (Å²) in [6.07, 6.45) is 1.62. The van der Waals surface area contributed by atoms with Gasteiger partial charge in [0.05, 0.1) is 0 Å². The lowest BCUT2D eigenvalue weighted by atomic mass is 10.2. The summed E-state index contributed by atoms with van der Waals surface area (Å²) in [4.78, 5) is 0. The van der Waals surface area contributed by atoms with Crippen molar-refractivity contribution in [2.75, 3.05) is 13.1 Å². The van der Waals surface area contributed by atoms with Gasteiger partial charge in [-0.15, -0.1) is 0 Å². The average Bonchev–Trinajstić information content (AvgIpc) is 2.29. The van der Waals surface area contributed by atoms with E-state index in [9.17, 15) is 8.42 Å². The van der Waals surface area contributed by atoms with Crippen LogP contribution >= 0.6 is 0 Å². The van der Waals surface area contributed by atoms with Gasteiger partial charge in [-0.05, 0) is 11.6 Å². The Labute approximate surface area is 97.5 Å². The van der Waals surface area contributed by atoms with Crippen molar-refractivity contribution in [2.45, 2.75) is 13.8 Å². The molecule has 0 saturated carbocycles. The number of rotatable bonds is 5. The molecule has 3 nitrogen and oxygen atoms in total. The molecule has 0 aliphatic carbocycles. The summed E-state index contributed by atoms with van der Waals surface area (Å²) in [6.45, 7) is 4.66. The smallest absolute Gasteiger partial charge is 0.208 e. The molecule has 1 aromatic carbocycles. The van der Waals surface area contributed by atoms with Gasteiger partial charge in [0.25, 0.3) is 0 Å². The molecule has 0 unspecified atom stereocenters. The molecule has 0 N–H and O–H groups in total. The van der Waals surface area contributed by atoms with Gasteiger partial charge < -0.3 is 0 Å². The predicted molar refractivity (Wildman–Crippen MR) is 67.3 cm³/mol. The van der Waals surface area contributed by atoms with Crippen LogP contribution < -0.4 is 0 Å². The van der Waals surface area contributed by atoms with Crippen LogP contribution in [0.4, 0.5) is 0 Å². The third-order valence-corrected chi connectivity index (χ3v) is 4.01. The molecule has 1 aromatic rings. The van der Waals surface area contributed by atoms with Gasteiger partial charge >= 0.3 is 0 Å². The molecule has 0 atom stereocenters. The number of hydrogen-bond donors (Lipinski definition) is 0. The summed E-state index contributed by atoms with van der Waals surface area (Å²) in [5.41, 5.74) is 0.887. The Hall–Kier alpha value is -1.13. The second-order valence-electron chi connectivity index (χ2n) is 3.34. The van der Waals surface area contributed by atoms with Crippen molar-refractivity contribution in [3.8, 4) is 0 Å². The second kappa shape index (κ2) is 5.82. The first-order valence-corrected chi connectivity index (χ1v) is 6.83. The second-order valence-corrected chi connectivity index (χ2v) is 5.16. The molecule has 0 aromatic heterocycles. The Morgan fingerprint density at radius 3 is 2.19 bits per heavy atom. The summed E-state index contributed by atoms with van der Waals surface area (Å²) < 4.78 is 25.0. The van der Waals surface area contributed by atoms with E-state index in [1.165, 1.54) is 9.71 Å². The first kappa shape index (κ1) is 12.9. The predicted octanol–water partition coefficient (Wildman–Crippen LogP) is 2.33. The fraction of sp³-hybridized carbons (Fsp3) is 0.333. The number of sulfonamides is 1. The lowest BCUT2D eigenvalue weighted by Crippen LogP contribution is -2.28. The van der Waals surface area contributed by atoms with Gasteiger partial charge in [-0.3, -0.25) is 0 Å². The molecule has 0 saturated heterocycles. The van der Waals surface area contributed by atoms with Crippen LogP contribution in [0.2, 0.25) is 0 Å². The van der Waals surface area contributed by atoms with Crippen LogP contribution in [0.1, 0.15) is 19.4 Å². The zero-order chi connectivity index (χ0) is 12.0. The van der Waals surface area contributed by atoms with Gasteiger partial charge in [-0.1, -0.05) is 44.2 Å². The lowest BCUT2D eigenvalue weighted by molar-refractivity contribution is 0.453. The molecule has 1 rings (SSSR count). The molecule has 16 heavy (non-hydrogen) atoms. The number of hydrogen-bond acceptors (Lipinski definition) is 2. The van der Waals surface area contributed by atoms with Gasteiger partial charge in [0.15, 0.2) is 0 Å². The SMILES string of the molecule is CCN(CC)S(=O)(=O)/C=C/c1ccccc1. The molecular weight excluding hydrogens is 222 g/mol. The van der Waals surface area contributed by atoms with E-state index >= 15 is 0 Å². The van der Waals surface area contributed by atoms with E-state index in [1.54, 1.807) is 6.08 Å². The maximum Gasteiger partial charge on any atom is 0.236 e. The van der Waals surface area contributed by atoms with E-state index in [0.29, 0.717) is 13.1 Å². The van der Waals surface area contributed by atoms with Crippen molar-refractivity contribution in [3.05, 3.63) is 41.3 Å². The zero-order valence-corrected chi connectivity index (χ0v) is 10.4. The highest BCUT2D eigenvalue weighted by molar-refractivity contribution is 7.92. The van der Waals surface area contributed by atoms with Crippen LogP contribution in [0.15, 0.2) is 35.7 Å². The van der Waals surface area contributed by atoms with Gasteiger partial charge in [-0.2, -0.15) is 4.31 Å². The van der Waals surface area contributed by atoms with E-state index in [4.69, 9.17) is 0 Å². The van der Waals surface area contributed by atoms with Crippen LogP contribution in [0.25, 0.3) is 6.08 Å². The monoisotopic (exact) mass is 239 g/mol. The Morgan fingerprint density at radius 2 is 1.69 bits per heavy atom. The minimum absolute atomic E-state index is 0.498. The average molecular weight is 239 g/mol. The molecule has 4 heteroatoms. The van der Waals surface area contributed by atoms with E-state index in [-0.39, 0.29) is 0 Å². The van der Waals surface area contributed by atoms with Gasteiger partial charge in [0.2, 0.25) is 10.0 Å².